The van der Waals surface area contributed by atoms with E-state index in [1.807, 2.05) is 0 Å². The van der Waals surface area contributed by atoms with Crippen LogP contribution in [0.3, 0.4) is 0 Å². The van der Waals surface area contributed by atoms with E-state index < -0.39 is 10.1 Å². The highest BCUT2D eigenvalue weighted by molar-refractivity contribution is 7.86. The van der Waals surface area contributed by atoms with E-state index in [0.717, 1.165) is 25.2 Å². The summed E-state index contributed by atoms with van der Waals surface area (Å²) in [5, 5.41) is 0. The zero-order valence-corrected chi connectivity index (χ0v) is 14.8. The number of benzene rings is 1. The molecule has 0 fully saturated rings. The summed E-state index contributed by atoms with van der Waals surface area (Å²) in [6.07, 6.45) is 9.50. The second kappa shape index (κ2) is 10.8. The summed E-state index contributed by atoms with van der Waals surface area (Å²) in [6.45, 7) is 4.82. The van der Waals surface area contributed by atoms with E-state index in [0.29, 0.717) is 0 Å². The van der Waals surface area contributed by atoms with Crippen molar-refractivity contribution in [1.29, 1.82) is 0 Å². The molecule has 1 aromatic carbocycles. The van der Waals surface area contributed by atoms with Gasteiger partial charge in [-0.25, -0.2) is 0 Å². The predicted octanol–water partition coefficient (Wildman–Crippen LogP) is 5.17. The highest BCUT2D eigenvalue weighted by atomic mass is 32.2. The molecule has 3 nitrogen and oxygen atoms in total. The van der Waals surface area contributed by atoms with Gasteiger partial charge in [0.1, 0.15) is 0 Å². The maximum atomic E-state index is 11.9. The van der Waals surface area contributed by atoms with Crippen LogP contribution < -0.4 is 0 Å². The van der Waals surface area contributed by atoms with Crippen molar-refractivity contribution < 1.29 is 12.6 Å². The van der Waals surface area contributed by atoms with Crippen LogP contribution in [-0.4, -0.2) is 15.0 Å². The fraction of sp³-hybridized carbons (Fsp3) is 0.667. The zero-order valence-electron chi connectivity index (χ0n) is 14.0. The minimum atomic E-state index is -3.57. The molecule has 0 saturated carbocycles. The Hall–Kier alpha value is -0.870. The molecule has 0 saturated heterocycles. The van der Waals surface area contributed by atoms with E-state index in [4.69, 9.17) is 4.18 Å². The van der Waals surface area contributed by atoms with Gasteiger partial charge in [-0.2, -0.15) is 8.42 Å². The van der Waals surface area contributed by atoms with Gasteiger partial charge in [0.25, 0.3) is 10.1 Å². The topological polar surface area (TPSA) is 43.4 Å². The quantitative estimate of drug-likeness (QED) is 0.393. The number of hydrogen-bond acceptors (Lipinski definition) is 3. The first kappa shape index (κ1) is 19.2. The molecule has 1 aromatic rings. The fourth-order valence-corrected chi connectivity index (χ4v) is 3.33. The van der Waals surface area contributed by atoms with Gasteiger partial charge in [0.2, 0.25) is 0 Å². The van der Waals surface area contributed by atoms with E-state index in [1.54, 1.807) is 30.3 Å². The van der Waals surface area contributed by atoms with Crippen LogP contribution in [-0.2, 0) is 14.3 Å². The lowest BCUT2D eigenvalue weighted by molar-refractivity contribution is 0.306. The third-order valence-corrected chi connectivity index (χ3v) is 5.02. The summed E-state index contributed by atoms with van der Waals surface area (Å²) in [5.41, 5.74) is 0. The van der Waals surface area contributed by atoms with E-state index in [-0.39, 0.29) is 11.5 Å². The zero-order chi connectivity index (χ0) is 16.3. The first-order chi connectivity index (χ1) is 10.5. The van der Waals surface area contributed by atoms with Crippen molar-refractivity contribution in [3.63, 3.8) is 0 Å². The first-order valence-electron chi connectivity index (χ1n) is 8.47. The smallest absolute Gasteiger partial charge is 0.266 e. The van der Waals surface area contributed by atoms with Crippen LogP contribution in [0.15, 0.2) is 35.2 Å². The number of rotatable bonds is 12. The van der Waals surface area contributed by atoms with Gasteiger partial charge in [-0.05, 0) is 24.5 Å². The minimum absolute atomic E-state index is 0.236. The molecule has 0 amide bonds. The lowest BCUT2D eigenvalue weighted by atomic mass is 10.0. The number of unbranched alkanes of at least 4 members (excludes halogenated alkanes) is 6. The highest BCUT2D eigenvalue weighted by Crippen LogP contribution is 2.14. The van der Waals surface area contributed by atoms with Gasteiger partial charge in [0, 0.05) is 0 Å². The van der Waals surface area contributed by atoms with Crippen LogP contribution >= 0.6 is 0 Å². The molecule has 0 heterocycles. The molecule has 0 N–H and O–H groups in total. The molecule has 0 bridgehead atoms. The van der Waals surface area contributed by atoms with Gasteiger partial charge >= 0.3 is 0 Å². The SMILES string of the molecule is CC(C)CCCCCCCCCOS(=O)(=O)c1ccccc1. The average Bonchev–Trinajstić information content (AvgIpc) is 2.49. The summed E-state index contributed by atoms with van der Waals surface area (Å²) >= 11 is 0. The standard InChI is InChI=1S/C18H30O3S/c1-17(2)13-9-6-4-3-5-7-12-16-21-22(19,20)18-14-10-8-11-15-18/h8,10-11,14-15,17H,3-7,9,12-13,16H2,1-2H3. The molecule has 0 atom stereocenters. The molecule has 0 aromatic heterocycles. The van der Waals surface area contributed by atoms with Gasteiger partial charge in [0.05, 0.1) is 11.5 Å². The molecular weight excluding hydrogens is 296 g/mol. The second-order valence-electron chi connectivity index (χ2n) is 6.25. The number of hydrogen-bond donors (Lipinski definition) is 0. The normalized spacial score (nSPS) is 12.0. The lowest BCUT2D eigenvalue weighted by Gasteiger charge is -2.06. The maximum absolute atomic E-state index is 11.9. The Morgan fingerprint density at radius 1 is 0.864 bits per heavy atom. The maximum Gasteiger partial charge on any atom is 0.296 e. The van der Waals surface area contributed by atoms with E-state index >= 15 is 0 Å². The molecule has 0 unspecified atom stereocenters. The molecular formula is C18H30O3S. The Morgan fingerprint density at radius 2 is 1.41 bits per heavy atom. The van der Waals surface area contributed by atoms with Crippen LogP contribution in [0.4, 0.5) is 0 Å². The van der Waals surface area contributed by atoms with Crippen molar-refractivity contribution >= 4 is 10.1 Å². The molecule has 0 aliphatic carbocycles. The van der Waals surface area contributed by atoms with Crippen LogP contribution in [0.2, 0.25) is 0 Å². The predicted molar refractivity (Wildman–Crippen MR) is 91.4 cm³/mol. The Bertz CT molecular complexity index is 480. The molecule has 0 aliphatic rings. The van der Waals surface area contributed by atoms with Gasteiger partial charge in [-0.1, -0.05) is 77.0 Å². The van der Waals surface area contributed by atoms with Crippen molar-refractivity contribution in [2.45, 2.75) is 70.1 Å². The molecule has 0 radical (unpaired) electrons. The minimum Gasteiger partial charge on any atom is -0.266 e. The summed E-state index contributed by atoms with van der Waals surface area (Å²) < 4.78 is 28.8. The molecule has 0 aliphatic heterocycles. The monoisotopic (exact) mass is 326 g/mol. The van der Waals surface area contributed by atoms with Gasteiger partial charge in [-0.3, -0.25) is 4.18 Å². The first-order valence-corrected chi connectivity index (χ1v) is 9.87. The van der Waals surface area contributed by atoms with E-state index in [2.05, 4.69) is 13.8 Å². The Labute approximate surface area is 136 Å². The van der Waals surface area contributed by atoms with Crippen LogP contribution in [0.5, 0.6) is 0 Å². The van der Waals surface area contributed by atoms with Crippen molar-refractivity contribution in [3.8, 4) is 0 Å². The van der Waals surface area contributed by atoms with E-state index in [9.17, 15) is 8.42 Å². The lowest BCUT2D eigenvalue weighted by Crippen LogP contribution is -2.07. The molecule has 22 heavy (non-hydrogen) atoms. The Morgan fingerprint density at radius 3 is 2.00 bits per heavy atom. The van der Waals surface area contributed by atoms with Crippen molar-refractivity contribution in [3.05, 3.63) is 30.3 Å². The fourth-order valence-electron chi connectivity index (χ4n) is 2.36. The Kier molecular flexibility index (Phi) is 9.41. The van der Waals surface area contributed by atoms with Gasteiger partial charge < -0.3 is 0 Å². The average molecular weight is 327 g/mol. The van der Waals surface area contributed by atoms with Crippen molar-refractivity contribution in [2.24, 2.45) is 5.92 Å². The highest BCUT2D eigenvalue weighted by Gasteiger charge is 2.13. The third-order valence-electron chi connectivity index (χ3n) is 3.70. The molecule has 1 rings (SSSR count). The second-order valence-corrected chi connectivity index (χ2v) is 7.86. The van der Waals surface area contributed by atoms with Crippen molar-refractivity contribution in [2.75, 3.05) is 6.61 Å². The largest absolute Gasteiger partial charge is 0.296 e. The van der Waals surface area contributed by atoms with E-state index in [1.165, 1.54) is 32.1 Å². The van der Waals surface area contributed by atoms with Crippen molar-refractivity contribution in [1.82, 2.24) is 0 Å². The molecule has 4 heteroatoms. The Balaban J connectivity index is 2.02. The summed E-state index contributed by atoms with van der Waals surface area (Å²) in [5.74, 6) is 0.809. The summed E-state index contributed by atoms with van der Waals surface area (Å²) in [7, 11) is -3.57. The van der Waals surface area contributed by atoms with Gasteiger partial charge in [-0.15, -0.1) is 0 Å². The molecule has 126 valence electrons. The van der Waals surface area contributed by atoms with Gasteiger partial charge in [0.15, 0.2) is 0 Å². The van der Waals surface area contributed by atoms with Crippen LogP contribution in [0.25, 0.3) is 0 Å². The van der Waals surface area contributed by atoms with Crippen LogP contribution in [0.1, 0.15) is 65.2 Å². The van der Waals surface area contributed by atoms with Crippen LogP contribution in [0, 0.1) is 5.92 Å². The summed E-state index contributed by atoms with van der Waals surface area (Å²) in [6, 6.07) is 8.32. The third kappa shape index (κ3) is 8.54. The molecule has 0 spiro atoms. The summed E-state index contributed by atoms with van der Waals surface area (Å²) in [4.78, 5) is 0.236.